The fourth-order valence-corrected chi connectivity index (χ4v) is 3.19. The predicted molar refractivity (Wildman–Crippen MR) is 97.5 cm³/mol. The maximum Gasteiger partial charge on any atom is 0.152 e. The van der Waals surface area contributed by atoms with Crippen molar-refractivity contribution < 1.29 is 0 Å². The van der Waals surface area contributed by atoms with Crippen LogP contribution in [0.25, 0.3) is 21.9 Å². The maximum absolute atomic E-state index is 6.20. The van der Waals surface area contributed by atoms with Crippen LogP contribution in [-0.2, 0) is 13.0 Å². The second kappa shape index (κ2) is 6.57. The largest absolute Gasteiger partial charge is 0.382 e. The molecule has 0 saturated carbocycles. The van der Waals surface area contributed by atoms with E-state index in [9.17, 15) is 0 Å². The first kappa shape index (κ1) is 15.8. The Kier molecular flexibility index (Phi) is 4.51. The Morgan fingerprint density at radius 2 is 1.91 bits per heavy atom. The zero-order valence-corrected chi connectivity index (χ0v) is 14.3. The first-order valence-corrected chi connectivity index (χ1v) is 8.65. The quantitative estimate of drug-likeness (QED) is 0.679. The molecule has 0 aliphatic rings. The van der Waals surface area contributed by atoms with Gasteiger partial charge < -0.3 is 10.3 Å². The number of pyridine rings is 1. The third-order valence-corrected chi connectivity index (χ3v) is 4.24. The molecule has 0 bridgehead atoms. The van der Waals surface area contributed by atoms with Crippen molar-refractivity contribution in [1.82, 2.24) is 14.5 Å². The molecule has 4 nitrogen and oxygen atoms in total. The molecule has 0 aliphatic heterocycles. The van der Waals surface area contributed by atoms with Gasteiger partial charge in [-0.15, -0.1) is 0 Å². The summed E-state index contributed by atoms with van der Waals surface area (Å²) < 4.78 is 2.37. The highest BCUT2D eigenvalue weighted by Gasteiger charge is 2.17. The van der Waals surface area contributed by atoms with E-state index in [1.165, 1.54) is 19.3 Å². The number of hydrogen-bond acceptors (Lipinski definition) is 3. The lowest BCUT2D eigenvalue weighted by Crippen LogP contribution is -2.09. The number of fused-ring (bicyclic) bond motifs is 3. The average Bonchev–Trinajstić information content (AvgIpc) is 2.87. The number of unbranched alkanes of at least 4 members (excludes halogenated alkanes) is 2. The molecule has 2 heterocycles. The minimum absolute atomic E-state index is 0.540. The summed E-state index contributed by atoms with van der Waals surface area (Å²) in [5, 5.41) is 1.14. The minimum Gasteiger partial charge on any atom is -0.382 e. The molecule has 0 atom stereocenters. The van der Waals surface area contributed by atoms with Gasteiger partial charge >= 0.3 is 0 Å². The Hall–Kier alpha value is -2.10. The molecule has 0 spiro atoms. The van der Waals surface area contributed by atoms with Gasteiger partial charge in [-0.25, -0.2) is 9.97 Å². The lowest BCUT2D eigenvalue weighted by atomic mass is 10.1. The number of nitrogens with two attached hydrogens (primary N) is 1. The third-order valence-electron chi connectivity index (χ3n) is 4.24. The molecular weight excluding hydrogens is 284 g/mol. The maximum atomic E-state index is 6.20. The molecule has 1 aromatic carbocycles. The van der Waals surface area contributed by atoms with Crippen molar-refractivity contribution in [2.75, 3.05) is 5.73 Å². The number of nitrogens with zero attached hydrogens (tertiary/aromatic N) is 3. The van der Waals surface area contributed by atoms with E-state index in [0.29, 0.717) is 11.7 Å². The Labute approximate surface area is 137 Å². The second-order valence-electron chi connectivity index (χ2n) is 6.70. The van der Waals surface area contributed by atoms with E-state index in [0.717, 1.165) is 40.7 Å². The van der Waals surface area contributed by atoms with Crippen LogP contribution in [0.2, 0.25) is 0 Å². The molecule has 0 fully saturated rings. The summed E-state index contributed by atoms with van der Waals surface area (Å²) in [6, 6.07) is 8.21. The summed E-state index contributed by atoms with van der Waals surface area (Å²) in [7, 11) is 0. The van der Waals surface area contributed by atoms with Gasteiger partial charge in [-0.1, -0.05) is 51.8 Å². The molecule has 4 heteroatoms. The van der Waals surface area contributed by atoms with Crippen molar-refractivity contribution in [3.8, 4) is 0 Å². The third kappa shape index (κ3) is 3.03. The van der Waals surface area contributed by atoms with E-state index in [1.54, 1.807) is 0 Å². The molecule has 0 aliphatic carbocycles. The van der Waals surface area contributed by atoms with Gasteiger partial charge in [0.2, 0.25) is 0 Å². The van der Waals surface area contributed by atoms with Crippen LogP contribution in [0.3, 0.4) is 0 Å². The molecule has 2 N–H and O–H groups in total. The SMILES string of the molecule is CCCCCc1nc2c(N)nc3ccccc3c2n1CC(C)C. The van der Waals surface area contributed by atoms with Gasteiger partial charge in [0, 0.05) is 18.4 Å². The number of nitrogen functional groups attached to an aromatic ring is 1. The van der Waals surface area contributed by atoms with E-state index < -0.39 is 0 Å². The summed E-state index contributed by atoms with van der Waals surface area (Å²) in [5.74, 6) is 2.25. The molecule has 3 rings (SSSR count). The number of benzene rings is 1. The van der Waals surface area contributed by atoms with Gasteiger partial charge in [0.05, 0.1) is 11.0 Å². The Bertz CT molecular complexity index is 817. The van der Waals surface area contributed by atoms with Crippen LogP contribution >= 0.6 is 0 Å². The summed E-state index contributed by atoms with van der Waals surface area (Å²) in [6.07, 6.45) is 4.63. The highest BCUT2D eigenvalue weighted by Crippen LogP contribution is 2.29. The summed E-state index contributed by atoms with van der Waals surface area (Å²) in [6.45, 7) is 7.68. The topological polar surface area (TPSA) is 56.7 Å². The molecule has 0 saturated heterocycles. The zero-order chi connectivity index (χ0) is 16.4. The van der Waals surface area contributed by atoms with Gasteiger partial charge in [-0.05, 0) is 18.4 Å². The summed E-state index contributed by atoms with van der Waals surface area (Å²) >= 11 is 0. The number of anilines is 1. The zero-order valence-electron chi connectivity index (χ0n) is 14.3. The molecule has 3 aromatic rings. The van der Waals surface area contributed by atoms with Crippen LogP contribution in [0.1, 0.15) is 45.9 Å². The Morgan fingerprint density at radius 1 is 1.13 bits per heavy atom. The van der Waals surface area contributed by atoms with Gasteiger partial charge in [-0.2, -0.15) is 0 Å². The van der Waals surface area contributed by atoms with Crippen molar-refractivity contribution >= 4 is 27.8 Å². The Balaban J connectivity index is 2.23. The fourth-order valence-electron chi connectivity index (χ4n) is 3.19. The van der Waals surface area contributed by atoms with Gasteiger partial charge in [0.25, 0.3) is 0 Å². The van der Waals surface area contributed by atoms with E-state index in [4.69, 9.17) is 10.7 Å². The van der Waals surface area contributed by atoms with E-state index >= 15 is 0 Å². The Morgan fingerprint density at radius 3 is 2.65 bits per heavy atom. The summed E-state index contributed by atoms with van der Waals surface area (Å²) in [4.78, 5) is 9.40. The van der Waals surface area contributed by atoms with Crippen molar-refractivity contribution in [2.24, 2.45) is 5.92 Å². The fraction of sp³-hybridized carbons (Fsp3) is 0.474. The van der Waals surface area contributed by atoms with E-state index in [2.05, 4.69) is 42.5 Å². The molecule has 0 amide bonds. The first-order chi connectivity index (χ1) is 11.1. The molecule has 0 unspecified atom stereocenters. The number of para-hydroxylation sites is 1. The van der Waals surface area contributed by atoms with Crippen LogP contribution in [-0.4, -0.2) is 14.5 Å². The van der Waals surface area contributed by atoms with Crippen molar-refractivity contribution in [3.05, 3.63) is 30.1 Å². The lowest BCUT2D eigenvalue weighted by Gasteiger charge is -2.13. The van der Waals surface area contributed by atoms with E-state index in [1.807, 2.05) is 12.1 Å². The number of aryl methyl sites for hydroxylation is 1. The standard InChI is InChI=1S/C19H26N4/c1-4-5-6-11-16-22-17-18(23(16)12-13(2)3)14-9-7-8-10-15(14)21-19(17)20/h7-10,13H,4-6,11-12H2,1-3H3,(H2,20,21). The monoisotopic (exact) mass is 310 g/mol. The van der Waals surface area contributed by atoms with Crippen LogP contribution in [0.4, 0.5) is 5.82 Å². The number of hydrogen-bond donors (Lipinski definition) is 1. The highest BCUT2D eigenvalue weighted by molar-refractivity contribution is 6.06. The van der Waals surface area contributed by atoms with Crippen molar-refractivity contribution in [1.29, 1.82) is 0 Å². The number of rotatable bonds is 6. The van der Waals surface area contributed by atoms with Crippen molar-refractivity contribution in [3.63, 3.8) is 0 Å². The van der Waals surface area contributed by atoms with Crippen molar-refractivity contribution in [2.45, 2.75) is 53.0 Å². The highest BCUT2D eigenvalue weighted by atomic mass is 15.1. The average molecular weight is 310 g/mol. The number of aromatic nitrogens is 3. The summed E-state index contributed by atoms with van der Waals surface area (Å²) in [5.41, 5.74) is 9.15. The van der Waals surface area contributed by atoms with Gasteiger partial charge in [-0.3, -0.25) is 0 Å². The minimum atomic E-state index is 0.540. The predicted octanol–water partition coefficient (Wildman–Crippen LogP) is 4.56. The first-order valence-electron chi connectivity index (χ1n) is 8.65. The number of imidazole rings is 1. The van der Waals surface area contributed by atoms with Crippen LogP contribution in [0.5, 0.6) is 0 Å². The molecule has 2 aromatic heterocycles. The smallest absolute Gasteiger partial charge is 0.152 e. The molecular formula is C19H26N4. The van der Waals surface area contributed by atoms with Crippen LogP contribution in [0.15, 0.2) is 24.3 Å². The molecule has 23 heavy (non-hydrogen) atoms. The second-order valence-corrected chi connectivity index (χ2v) is 6.70. The van der Waals surface area contributed by atoms with Crippen LogP contribution in [0, 0.1) is 5.92 Å². The normalized spacial score (nSPS) is 11.8. The van der Waals surface area contributed by atoms with Crippen LogP contribution < -0.4 is 5.73 Å². The van der Waals surface area contributed by atoms with Gasteiger partial charge in [0.1, 0.15) is 11.3 Å². The molecule has 0 radical (unpaired) electrons. The molecule has 122 valence electrons. The lowest BCUT2D eigenvalue weighted by molar-refractivity contribution is 0.512. The van der Waals surface area contributed by atoms with E-state index in [-0.39, 0.29) is 0 Å². The van der Waals surface area contributed by atoms with Gasteiger partial charge in [0.15, 0.2) is 5.82 Å².